The van der Waals surface area contributed by atoms with Gasteiger partial charge in [0.15, 0.2) is 0 Å². The summed E-state index contributed by atoms with van der Waals surface area (Å²) >= 11 is 2.54. The van der Waals surface area contributed by atoms with Gasteiger partial charge in [0.05, 0.1) is 5.56 Å². The van der Waals surface area contributed by atoms with Crippen molar-refractivity contribution in [2.24, 2.45) is 11.3 Å². The summed E-state index contributed by atoms with van der Waals surface area (Å²) in [6.07, 6.45) is 3.25. The third-order valence-electron chi connectivity index (χ3n) is 5.43. The van der Waals surface area contributed by atoms with Crippen molar-refractivity contribution in [3.05, 3.63) is 35.6 Å². The zero-order valence-electron chi connectivity index (χ0n) is 11.7. The Labute approximate surface area is 132 Å². The minimum atomic E-state index is -0.340. The normalized spacial score (nSPS) is 39.0. The molecule has 1 aromatic carbocycles. The predicted octanol–water partition coefficient (Wildman–Crippen LogP) is 4.36. The molecule has 4 unspecified atom stereocenters. The van der Waals surface area contributed by atoms with E-state index in [0.29, 0.717) is 11.5 Å². The molecule has 2 saturated carbocycles. The molecule has 0 spiro atoms. The van der Waals surface area contributed by atoms with E-state index < -0.39 is 0 Å². The van der Waals surface area contributed by atoms with Crippen LogP contribution in [0.2, 0.25) is 0 Å². The van der Waals surface area contributed by atoms with E-state index in [1.165, 1.54) is 30.7 Å². The second-order valence-corrected chi connectivity index (χ2v) is 8.61. The molecule has 4 atom stereocenters. The number of carbonyl (C=O) groups excluding carboxylic acids is 1. The zero-order chi connectivity index (χ0) is 14.5. The number of benzene rings is 1. The highest BCUT2D eigenvalue weighted by Crippen LogP contribution is 2.65. The molecule has 0 amide bonds. The smallest absolute Gasteiger partial charge is 0.338 e. The number of hydrogen-bond donors (Lipinski definition) is 0. The molecule has 2 fully saturated rings. The van der Waals surface area contributed by atoms with Crippen LogP contribution in [0.4, 0.5) is 4.39 Å². The number of esters is 1. The summed E-state index contributed by atoms with van der Waals surface area (Å²) in [5.41, 5.74) is 0.474. The number of fused-ring (bicyclic) bond motifs is 2. The number of alkyl halides is 1. The molecule has 3 rings (SSSR count). The van der Waals surface area contributed by atoms with Gasteiger partial charge >= 0.3 is 5.97 Å². The number of halogens is 2. The molecule has 0 aromatic heterocycles. The Morgan fingerprint density at radius 3 is 2.50 bits per heavy atom. The lowest BCUT2D eigenvalue weighted by Crippen LogP contribution is -2.40. The van der Waals surface area contributed by atoms with E-state index in [1.807, 2.05) is 0 Å². The third kappa shape index (κ3) is 1.98. The van der Waals surface area contributed by atoms with Crippen molar-refractivity contribution in [1.82, 2.24) is 0 Å². The van der Waals surface area contributed by atoms with Crippen molar-refractivity contribution >= 4 is 28.6 Å². The Balaban J connectivity index is 1.76. The van der Waals surface area contributed by atoms with Crippen LogP contribution in [-0.2, 0) is 4.74 Å². The first-order chi connectivity index (χ1) is 9.34. The van der Waals surface area contributed by atoms with Crippen LogP contribution >= 0.6 is 22.6 Å². The molecular weight excluding hydrogens is 370 g/mol. The van der Waals surface area contributed by atoms with Crippen LogP contribution in [0, 0.1) is 17.2 Å². The molecule has 108 valence electrons. The number of carbonyl (C=O) groups is 1. The highest BCUT2D eigenvalue weighted by Gasteiger charge is 2.64. The van der Waals surface area contributed by atoms with Gasteiger partial charge in [0.25, 0.3) is 0 Å². The van der Waals surface area contributed by atoms with Crippen molar-refractivity contribution in [3.8, 4) is 0 Å². The van der Waals surface area contributed by atoms with Gasteiger partial charge in [0.2, 0.25) is 0 Å². The lowest BCUT2D eigenvalue weighted by atomic mass is 9.79. The van der Waals surface area contributed by atoms with Crippen LogP contribution in [-0.4, -0.2) is 15.5 Å². The van der Waals surface area contributed by atoms with Crippen molar-refractivity contribution in [2.45, 2.75) is 42.6 Å². The maximum absolute atomic E-state index is 12.9. The van der Waals surface area contributed by atoms with E-state index in [2.05, 4.69) is 36.4 Å². The highest BCUT2D eigenvalue weighted by atomic mass is 127. The van der Waals surface area contributed by atoms with E-state index in [9.17, 15) is 9.18 Å². The SMILES string of the molecule is CC1(I)C2CCC1(C)C(OC(=O)c1ccc(F)cc1)C2. The van der Waals surface area contributed by atoms with Crippen molar-refractivity contribution in [1.29, 1.82) is 0 Å². The molecule has 0 aliphatic heterocycles. The van der Waals surface area contributed by atoms with Gasteiger partial charge in [-0.25, -0.2) is 9.18 Å². The first-order valence-corrected chi connectivity index (χ1v) is 8.08. The van der Waals surface area contributed by atoms with Gasteiger partial charge in [0, 0.05) is 8.84 Å². The van der Waals surface area contributed by atoms with Gasteiger partial charge in [-0.3, -0.25) is 0 Å². The largest absolute Gasteiger partial charge is 0.458 e. The minimum absolute atomic E-state index is 0.0271. The first kappa shape index (κ1) is 14.3. The second kappa shape index (κ2) is 4.68. The molecule has 2 aliphatic carbocycles. The summed E-state index contributed by atoms with van der Waals surface area (Å²) < 4.78 is 18.8. The molecule has 2 aliphatic rings. The highest BCUT2D eigenvalue weighted by molar-refractivity contribution is 14.1. The van der Waals surface area contributed by atoms with Crippen molar-refractivity contribution in [2.75, 3.05) is 0 Å². The van der Waals surface area contributed by atoms with Crippen LogP contribution < -0.4 is 0 Å². The van der Waals surface area contributed by atoms with Crippen molar-refractivity contribution < 1.29 is 13.9 Å². The summed E-state index contributed by atoms with van der Waals surface area (Å²) in [5.74, 6) is -0.0524. The molecule has 2 bridgehead atoms. The van der Waals surface area contributed by atoms with Gasteiger partial charge in [0.1, 0.15) is 11.9 Å². The van der Waals surface area contributed by atoms with Gasteiger partial charge in [-0.1, -0.05) is 29.5 Å². The maximum Gasteiger partial charge on any atom is 0.338 e. The van der Waals surface area contributed by atoms with E-state index in [4.69, 9.17) is 4.74 Å². The summed E-state index contributed by atoms with van der Waals surface area (Å²) in [5, 5.41) is 0. The van der Waals surface area contributed by atoms with Gasteiger partial charge in [-0.2, -0.15) is 0 Å². The third-order valence-corrected chi connectivity index (χ3v) is 7.55. The van der Waals surface area contributed by atoms with Gasteiger partial charge in [-0.05, 0) is 56.4 Å². The van der Waals surface area contributed by atoms with E-state index in [-0.39, 0.29) is 26.7 Å². The topological polar surface area (TPSA) is 26.3 Å². The van der Waals surface area contributed by atoms with Gasteiger partial charge < -0.3 is 4.74 Å². The molecule has 2 nitrogen and oxygen atoms in total. The second-order valence-electron chi connectivity index (χ2n) is 6.37. The number of hydrogen-bond acceptors (Lipinski definition) is 2. The fraction of sp³-hybridized carbons (Fsp3) is 0.562. The maximum atomic E-state index is 12.9. The molecule has 1 aromatic rings. The van der Waals surface area contributed by atoms with Crippen LogP contribution in [0.3, 0.4) is 0 Å². The monoisotopic (exact) mass is 388 g/mol. The summed E-state index contributed by atoms with van der Waals surface area (Å²) in [6, 6.07) is 5.55. The average Bonchev–Trinajstić information content (AvgIpc) is 2.72. The van der Waals surface area contributed by atoms with E-state index >= 15 is 0 Å². The lowest BCUT2D eigenvalue weighted by molar-refractivity contribution is -0.00851. The fourth-order valence-corrected chi connectivity index (χ4v) is 4.93. The summed E-state index contributed by atoms with van der Waals surface area (Å²) in [6.45, 7) is 4.51. The zero-order valence-corrected chi connectivity index (χ0v) is 13.8. The van der Waals surface area contributed by atoms with Crippen molar-refractivity contribution in [3.63, 3.8) is 0 Å². The summed E-state index contributed by atoms with van der Waals surface area (Å²) in [7, 11) is 0. The Kier molecular flexibility index (Phi) is 3.35. The van der Waals surface area contributed by atoms with E-state index in [0.717, 1.165) is 12.8 Å². The molecule has 20 heavy (non-hydrogen) atoms. The fourth-order valence-electron chi connectivity index (χ4n) is 3.75. The summed E-state index contributed by atoms with van der Waals surface area (Å²) in [4.78, 5) is 12.2. The quantitative estimate of drug-likeness (QED) is 0.428. The molecule has 0 saturated heterocycles. The Morgan fingerprint density at radius 2 is 2.00 bits per heavy atom. The predicted molar refractivity (Wildman–Crippen MR) is 83.5 cm³/mol. The molecule has 0 radical (unpaired) electrons. The Hall–Kier alpha value is -0.650. The van der Waals surface area contributed by atoms with Crippen LogP contribution in [0.25, 0.3) is 0 Å². The average molecular weight is 388 g/mol. The standard InChI is InChI=1S/C16H18FIO2/c1-15-8-7-11(16(15,2)18)9-13(15)20-14(19)10-3-5-12(17)6-4-10/h3-6,11,13H,7-9H2,1-2H3. The Morgan fingerprint density at radius 1 is 1.35 bits per heavy atom. The Bertz CT molecular complexity index is 540. The molecule has 4 heteroatoms. The minimum Gasteiger partial charge on any atom is -0.458 e. The van der Waals surface area contributed by atoms with Crippen LogP contribution in [0.1, 0.15) is 43.5 Å². The molecular formula is C16H18FIO2. The lowest BCUT2D eigenvalue weighted by Gasteiger charge is -2.37. The number of ether oxygens (including phenoxy) is 1. The first-order valence-electron chi connectivity index (χ1n) is 7.00. The number of rotatable bonds is 2. The van der Waals surface area contributed by atoms with E-state index in [1.54, 1.807) is 0 Å². The molecule has 0 N–H and O–H groups in total. The van der Waals surface area contributed by atoms with Gasteiger partial charge in [-0.15, -0.1) is 0 Å². The van der Waals surface area contributed by atoms with Crippen LogP contribution in [0.5, 0.6) is 0 Å². The van der Waals surface area contributed by atoms with Crippen LogP contribution in [0.15, 0.2) is 24.3 Å². The molecule has 0 heterocycles.